The topological polar surface area (TPSA) is 24.7 Å². The van der Waals surface area contributed by atoms with Crippen molar-refractivity contribution in [2.75, 3.05) is 0 Å². The molecule has 8 rings (SSSR count). The zero-order valence-electron chi connectivity index (χ0n) is 27.6. The number of amidine groups is 1. The Kier molecular flexibility index (Phi) is 8.16. The summed E-state index contributed by atoms with van der Waals surface area (Å²) < 4.78 is 0. The van der Waals surface area contributed by atoms with E-state index in [1.54, 1.807) is 0 Å². The Morgan fingerprint density at radius 2 is 1.17 bits per heavy atom. The summed E-state index contributed by atoms with van der Waals surface area (Å²) in [6, 6.07) is 57.2. The Balaban J connectivity index is 1.07. The third kappa shape index (κ3) is 5.62. The molecule has 1 heterocycles. The van der Waals surface area contributed by atoms with Crippen molar-refractivity contribution in [2.45, 2.75) is 44.6 Å². The quantitative estimate of drug-likeness (QED) is 0.170. The second kappa shape index (κ2) is 13.0. The van der Waals surface area contributed by atoms with E-state index in [-0.39, 0.29) is 12.0 Å². The monoisotopic (exact) mass is 620 g/mol. The minimum absolute atomic E-state index is 0.0257. The number of rotatable bonds is 7. The van der Waals surface area contributed by atoms with Crippen LogP contribution in [0.15, 0.2) is 168 Å². The minimum atomic E-state index is 0.0257. The molecular formula is C46H40N2. The fraction of sp³-hybridized carbons (Fsp3) is 0.174. The van der Waals surface area contributed by atoms with Gasteiger partial charge in [-0.2, -0.15) is 0 Å². The predicted octanol–water partition coefficient (Wildman–Crippen LogP) is 11.5. The SMILES string of the molecule is CCC1C(c2ccccc2)=NC(c2ccc(-c3ccc(C(C)C4Cc5ccccc5-c5ccccc54)cc3)cc2)=NC1c1ccccc1. The van der Waals surface area contributed by atoms with E-state index in [0.29, 0.717) is 11.8 Å². The van der Waals surface area contributed by atoms with Crippen LogP contribution in [-0.4, -0.2) is 11.5 Å². The molecule has 6 aromatic carbocycles. The largest absolute Gasteiger partial charge is 0.257 e. The lowest BCUT2D eigenvalue weighted by Crippen LogP contribution is -2.28. The van der Waals surface area contributed by atoms with E-state index >= 15 is 0 Å². The Bertz CT molecular complexity index is 2090. The molecule has 0 saturated carbocycles. The Hall–Kier alpha value is -5.34. The average Bonchev–Trinajstić information content (AvgIpc) is 3.17. The Labute approximate surface area is 284 Å². The van der Waals surface area contributed by atoms with Crippen molar-refractivity contribution in [3.8, 4) is 22.3 Å². The molecule has 0 radical (unpaired) electrons. The fourth-order valence-electron chi connectivity index (χ4n) is 7.84. The van der Waals surface area contributed by atoms with E-state index in [1.165, 1.54) is 50.1 Å². The van der Waals surface area contributed by atoms with Gasteiger partial charge in [0, 0.05) is 11.5 Å². The number of hydrogen-bond donors (Lipinski definition) is 0. The highest BCUT2D eigenvalue weighted by atomic mass is 15.0. The summed E-state index contributed by atoms with van der Waals surface area (Å²) >= 11 is 0. The molecule has 0 N–H and O–H groups in total. The summed E-state index contributed by atoms with van der Waals surface area (Å²) in [6.07, 6.45) is 2.04. The molecule has 0 saturated heterocycles. The van der Waals surface area contributed by atoms with Gasteiger partial charge in [0.15, 0.2) is 5.84 Å². The van der Waals surface area contributed by atoms with Crippen molar-refractivity contribution in [1.29, 1.82) is 0 Å². The summed E-state index contributed by atoms with van der Waals surface area (Å²) in [5.41, 5.74) is 14.1. The lowest BCUT2D eigenvalue weighted by atomic mass is 9.72. The van der Waals surface area contributed by atoms with Gasteiger partial charge >= 0.3 is 0 Å². The van der Waals surface area contributed by atoms with Gasteiger partial charge < -0.3 is 0 Å². The maximum atomic E-state index is 5.29. The van der Waals surface area contributed by atoms with Gasteiger partial charge in [-0.1, -0.05) is 172 Å². The van der Waals surface area contributed by atoms with Gasteiger partial charge in [0.05, 0.1) is 11.8 Å². The predicted molar refractivity (Wildman–Crippen MR) is 201 cm³/mol. The molecule has 2 aliphatic rings. The third-order valence-corrected chi connectivity index (χ3v) is 10.5. The van der Waals surface area contributed by atoms with Crippen LogP contribution < -0.4 is 0 Å². The van der Waals surface area contributed by atoms with Crippen molar-refractivity contribution in [3.63, 3.8) is 0 Å². The van der Waals surface area contributed by atoms with Crippen molar-refractivity contribution in [2.24, 2.45) is 15.9 Å². The number of nitrogens with zero attached hydrogens (tertiary/aromatic N) is 2. The van der Waals surface area contributed by atoms with E-state index < -0.39 is 0 Å². The van der Waals surface area contributed by atoms with Gasteiger partial charge in [0.1, 0.15) is 0 Å². The van der Waals surface area contributed by atoms with Crippen LogP contribution in [0.1, 0.15) is 71.5 Å². The molecule has 0 bridgehead atoms. The first kappa shape index (κ1) is 30.0. The summed E-state index contributed by atoms with van der Waals surface area (Å²) in [4.78, 5) is 10.5. The summed E-state index contributed by atoms with van der Waals surface area (Å²) in [6.45, 7) is 4.63. The standard InChI is InChI=1S/C46H40N2/c1-3-39-44(35-14-6-4-7-15-35)47-46(48-45(39)36-16-8-5-9-17-36)37-28-26-34(27-29-37)33-24-22-32(23-25-33)31(2)43-30-38-18-10-11-19-40(38)41-20-12-13-21-42(41)43/h4-29,31,39,43-44H,3,30H2,1-2H3. The Morgan fingerprint density at radius 1 is 0.583 bits per heavy atom. The molecule has 234 valence electrons. The Morgan fingerprint density at radius 3 is 1.88 bits per heavy atom. The number of fused-ring (bicyclic) bond motifs is 3. The van der Waals surface area contributed by atoms with E-state index in [1.807, 2.05) is 0 Å². The van der Waals surface area contributed by atoms with E-state index in [9.17, 15) is 0 Å². The second-order valence-corrected chi connectivity index (χ2v) is 13.2. The molecule has 48 heavy (non-hydrogen) atoms. The van der Waals surface area contributed by atoms with Crippen LogP contribution in [-0.2, 0) is 6.42 Å². The van der Waals surface area contributed by atoms with Crippen LogP contribution in [0.5, 0.6) is 0 Å². The fourth-order valence-corrected chi connectivity index (χ4v) is 7.84. The van der Waals surface area contributed by atoms with Gasteiger partial charge in [-0.05, 0) is 74.7 Å². The molecule has 1 aliphatic heterocycles. The van der Waals surface area contributed by atoms with Gasteiger partial charge in [-0.3, -0.25) is 4.99 Å². The molecule has 6 aromatic rings. The lowest BCUT2D eigenvalue weighted by Gasteiger charge is -2.32. The maximum Gasteiger partial charge on any atom is 0.155 e. The smallest absolute Gasteiger partial charge is 0.155 e. The summed E-state index contributed by atoms with van der Waals surface area (Å²) in [5.74, 6) is 1.88. The highest BCUT2D eigenvalue weighted by molar-refractivity contribution is 6.15. The van der Waals surface area contributed by atoms with Gasteiger partial charge in [0.2, 0.25) is 0 Å². The maximum absolute atomic E-state index is 5.29. The minimum Gasteiger partial charge on any atom is -0.257 e. The van der Waals surface area contributed by atoms with Crippen molar-refractivity contribution in [3.05, 3.63) is 191 Å². The first-order chi connectivity index (χ1) is 23.7. The van der Waals surface area contributed by atoms with E-state index in [0.717, 1.165) is 30.0 Å². The zero-order valence-corrected chi connectivity index (χ0v) is 27.6. The highest BCUT2D eigenvalue weighted by Gasteiger charge is 2.32. The molecule has 0 spiro atoms. The molecule has 2 nitrogen and oxygen atoms in total. The van der Waals surface area contributed by atoms with Crippen LogP contribution in [0.4, 0.5) is 0 Å². The second-order valence-electron chi connectivity index (χ2n) is 13.2. The molecule has 1 aliphatic carbocycles. The third-order valence-electron chi connectivity index (χ3n) is 10.5. The van der Waals surface area contributed by atoms with Crippen molar-refractivity contribution in [1.82, 2.24) is 0 Å². The van der Waals surface area contributed by atoms with E-state index in [2.05, 4.69) is 172 Å². The van der Waals surface area contributed by atoms with Crippen LogP contribution in [0.25, 0.3) is 22.3 Å². The van der Waals surface area contributed by atoms with Gasteiger partial charge in [0.25, 0.3) is 0 Å². The number of aliphatic imine (C=N–C) groups is 2. The molecule has 4 atom stereocenters. The molecule has 0 aromatic heterocycles. The normalized spacial score (nSPS) is 19.0. The van der Waals surface area contributed by atoms with Crippen molar-refractivity contribution < 1.29 is 0 Å². The summed E-state index contributed by atoms with van der Waals surface area (Å²) in [5, 5.41) is 0. The van der Waals surface area contributed by atoms with Crippen LogP contribution in [0, 0.1) is 5.92 Å². The summed E-state index contributed by atoms with van der Waals surface area (Å²) in [7, 11) is 0. The van der Waals surface area contributed by atoms with Crippen LogP contribution in [0.2, 0.25) is 0 Å². The van der Waals surface area contributed by atoms with Gasteiger partial charge in [-0.15, -0.1) is 0 Å². The van der Waals surface area contributed by atoms with Gasteiger partial charge in [-0.25, -0.2) is 4.99 Å². The molecule has 0 amide bonds. The molecule has 0 fully saturated rings. The molecular weight excluding hydrogens is 581 g/mol. The molecule has 4 unspecified atom stereocenters. The number of benzene rings is 6. The highest BCUT2D eigenvalue weighted by Crippen LogP contribution is 2.46. The number of hydrogen-bond acceptors (Lipinski definition) is 2. The van der Waals surface area contributed by atoms with E-state index in [4.69, 9.17) is 9.98 Å². The first-order valence-electron chi connectivity index (χ1n) is 17.3. The lowest BCUT2D eigenvalue weighted by molar-refractivity contribution is 0.532. The average molecular weight is 621 g/mol. The molecule has 2 heteroatoms. The van der Waals surface area contributed by atoms with Crippen LogP contribution >= 0.6 is 0 Å². The first-order valence-corrected chi connectivity index (χ1v) is 17.3. The zero-order chi connectivity index (χ0) is 32.5. The van der Waals surface area contributed by atoms with Crippen LogP contribution in [0.3, 0.4) is 0 Å². The van der Waals surface area contributed by atoms with Crippen molar-refractivity contribution >= 4 is 11.5 Å².